The molecule has 25 heavy (non-hydrogen) atoms. The molecule has 0 fully saturated rings. The van der Waals surface area contributed by atoms with Crippen LogP contribution in [0.4, 0.5) is 4.79 Å². The van der Waals surface area contributed by atoms with E-state index in [2.05, 4.69) is 5.32 Å². The highest BCUT2D eigenvalue weighted by Gasteiger charge is 2.14. The number of carbonyl (C=O) groups excluding carboxylic acids is 3. The highest BCUT2D eigenvalue weighted by Crippen LogP contribution is 2.10. The lowest BCUT2D eigenvalue weighted by Crippen LogP contribution is -2.33. The van der Waals surface area contributed by atoms with E-state index in [9.17, 15) is 14.4 Å². The second-order valence-corrected chi connectivity index (χ2v) is 5.41. The van der Waals surface area contributed by atoms with E-state index in [1.54, 1.807) is 55.6 Å². The number of benzene rings is 2. The van der Waals surface area contributed by atoms with E-state index in [4.69, 9.17) is 4.74 Å². The first kappa shape index (κ1) is 18.2. The van der Waals surface area contributed by atoms with Crippen molar-refractivity contribution in [2.45, 2.75) is 6.42 Å². The molecule has 0 aliphatic rings. The fourth-order valence-electron chi connectivity index (χ4n) is 2.24. The van der Waals surface area contributed by atoms with Crippen LogP contribution in [0.5, 0.6) is 5.75 Å². The van der Waals surface area contributed by atoms with Gasteiger partial charge in [0.05, 0.1) is 5.56 Å². The van der Waals surface area contributed by atoms with Crippen LogP contribution < -0.4 is 10.1 Å². The maximum Gasteiger partial charge on any atom is 0.412 e. The summed E-state index contributed by atoms with van der Waals surface area (Å²) in [6.45, 7) is 0.816. The minimum Gasteiger partial charge on any atom is -0.410 e. The van der Waals surface area contributed by atoms with Crippen LogP contribution in [-0.2, 0) is 0 Å². The zero-order chi connectivity index (χ0) is 18.1. The molecule has 0 bridgehead atoms. The van der Waals surface area contributed by atoms with Crippen LogP contribution >= 0.6 is 0 Å². The first-order valence-electron chi connectivity index (χ1n) is 7.92. The topological polar surface area (TPSA) is 75.7 Å². The second kappa shape index (κ2) is 9.22. The zero-order valence-corrected chi connectivity index (χ0v) is 14.0. The summed E-state index contributed by atoms with van der Waals surface area (Å²) in [4.78, 5) is 36.5. The maximum atomic E-state index is 12.3. The molecule has 0 aromatic heterocycles. The Kier molecular flexibility index (Phi) is 6.71. The molecule has 6 nitrogen and oxygen atoms in total. The van der Waals surface area contributed by atoms with Gasteiger partial charge in [0, 0.05) is 25.7 Å². The van der Waals surface area contributed by atoms with Gasteiger partial charge in [-0.1, -0.05) is 36.4 Å². The molecule has 0 atom stereocenters. The van der Waals surface area contributed by atoms with Crippen molar-refractivity contribution >= 4 is 18.3 Å². The minimum atomic E-state index is -0.536. The van der Waals surface area contributed by atoms with E-state index in [1.807, 2.05) is 6.07 Å². The van der Waals surface area contributed by atoms with Crippen LogP contribution in [-0.4, -0.2) is 43.3 Å². The Bertz CT molecular complexity index is 731. The lowest BCUT2D eigenvalue weighted by molar-refractivity contribution is 0.0790. The van der Waals surface area contributed by atoms with Crippen molar-refractivity contribution in [1.29, 1.82) is 0 Å². The number of nitrogens with zero attached hydrogens (tertiary/aromatic N) is 1. The molecule has 0 saturated carbocycles. The summed E-state index contributed by atoms with van der Waals surface area (Å²) >= 11 is 0. The van der Waals surface area contributed by atoms with Crippen LogP contribution in [0.2, 0.25) is 0 Å². The molecule has 0 saturated heterocycles. The van der Waals surface area contributed by atoms with E-state index in [-0.39, 0.29) is 5.91 Å². The predicted molar refractivity (Wildman–Crippen MR) is 93.9 cm³/mol. The van der Waals surface area contributed by atoms with Gasteiger partial charge in [-0.15, -0.1) is 0 Å². The average Bonchev–Trinajstić information content (AvgIpc) is 2.65. The van der Waals surface area contributed by atoms with Crippen LogP contribution in [0.3, 0.4) is 0 Å². The van der Waals surface area contributed by atoms with Crippen LogP contribution in [0.1, 0.15) is 27.1 Å². The van der Waals surface area contributed by atoms with E-state index in [1.165, 1.54) is 4.90 Å². The van der Waals surface area contributed by atoms with Gasteiger partial charge in [-0.2, -0.15) is 0 Å². The summed E-state index contributed by atoms with van der Waals surface area (Å²) in [7, 11) is 1.66. The molecule has 2 rings (SSSR count). The molecule has 0 spiro atoms. The van der Waals surface area contributed by atoms with Gasteiger partial charge < -0.3 is 15.0 Å². The first-order valence-corrected chi connectivity index (χ1v) is 7.92. The van der Waals surface area contributed by atoms with Crippen molar-refractivity contribution in [3.63, 3.8) is 0 Å². The van der Waals surface area contributed by atoms with Crippen molar-refractivity contribution < 1.29 is 19.1 Å². The molecule has 1 N–H and O–H groups in total. The molecule has 0 aliphatic carbocycles. The van der Waals surface area contributed by atoms with Gasteiger partial charge in [0.1, 0.15) is 5.75 Å². The van der Waals surface area contributed by atoms with E-state index >= 15 is 0 Å². The summed E-state index contributed by atoms with van der Waals surface area (Å²) in [6, 6.07) is 15.4. The Labute approximate surface area is 146 Å². The predicted octanol–water partition coefficient (Wildman–Crippen LogP) is 2.75. The zero-order valence-electron chi connectivity index (χ0n) is 14.0. The monoisotopic (exact) mass is 340 g/mol. The smallest absolute Gasteiger partial charge is 0.410 e. The van der Waals surface area contributed by atoms with Gasteiger partial charge in [-0.25, -0.2) is 4.79 Å². The SMILES string of the molecule is CN(CCCNC(=O)Oc1ccccc1)C(=O)c1ccccc1C=O. The molecule has 130 valence electrons. The third-order valence-electron chi connectivity index (χ3n) is 3.56. The summed E-state index contributed by atoms with van der Waals surface area (Å²) < 4.78 is 5.10. The highest BCUT2D eigenvalue weighted by atomic mass is 16.6. The molecule has 0 heterocycles. The lowest BCUT2D eigenvalue weighted by atomic mass is 10.1. The van der Waals surface area contributed by atoms with Crippen LogP contribution in [0, 0.1) is 0 Å². The summed E-state index contributed by atoms with van der Waals surface area (Å²) in [5.41, 5.74) is 0.736. The number of carbonyl (C=O) groups is 3. The Balaban J connectivity index is 1.74. The van der Waals surface area contributed by atoms with Crippen molar-refractivity contribution in [1.82, 2.24) is 10.2 Å². The molecular weight excluding hydrogens is 320 g/mol. The molecule has 2 amide bonds. The number of hydrogen-bond donors (Lipinski definition) is 1. The summed E-state index contributed by atoms with van der Waals surface area (Å²) in [5.74, 6) is 0.243. The third kappa shape index (κ3) is 5.46. The fourth-order valence-corrected chi connectivity index (χ4v) is 2.24. The largest absolute Gasteiger partial charge is 0.412 e. The molecule has 6 heteroatoms. The van der Waals surface area contributed by atoms with Crippen molar-refractivity contribution in [2.75, 3.05) is 20.1 Å². The normalized spacial score (nSPS) is 9.96. The van der Waals surface area contributed by atoms with Gasteiger partial charge in [0.25, 0.3) is 5.91 Å². The summed E-state index contributed by atoms with van der Waals surface area (Å²) in [5, 5.41) is 2.63. The van der Waals surface area contributed by atoms with E-state index < -0.39 is 6.09 Å². The van der Waals surface area contributed by atoms with Crippen LogP contribution in [0.25, 0.3) is 0 Å². The first-order chi connectivity index (χ1) is 12.1. The number of para-hydroxylation sites is 1. The van der Waals surface area contributed by atoms with Gasteiger partial charge in [0.15, 0.2) is 6.29 Å². The molecule has 0 aliphatic heterocycles. The van der Waals surface area contributed by atoms with E-state index in [0.29, 0.717) is 42.7 Å². The van der Waals surface area contributed by atoms with E-state index in [0.717, 1.165) is 0 Å². The van der Waals surface area contributed by atoms with Crippen molar-refractivity contribution in [2.24, 2.45) is 0 Å². The lowest BCUT2D eigenvalue weighted by Gasteiger charge is -2.18. The molecule has 0 radical (unpaired) electrons. The van der Waals surface area contributed by atoms with Gasteiger partial charge in [0.2, 0.25) is 0 Å². The third-order valence-corrected chi connectivity index (χ3v) is 3.56. The van der Waals surface area contributed by atoms with Gasteiger partial charge >= 0.3 is 6.09 Å². The quantitative estimate of drug-likeness (QED) is 0.621. The van der Waals surface area contributed by atoms with Crippen LogP contribution in [0.15, 0.2) is 54.6 Å². The number of amides is 2. The maximum absolute atomic E-state index is 12.3. The molecule has 2 aromatic rings. The van der Waals surface area contributed by atoms with Gasteiger partial charge in [-0.05, 0) is 24.6 Å². The average molecular weight is 340 g/mol. The van der Waals surface area contributed by atoms with Gasteiger partial charge in [-0.3, -0.25) is 9.59 Å². The Morgan fingerprint density at radius 2 is 1.76 bits per heavy atom. The summed E-state index contributed by atoms with van der Waals surface area (Å²) in [6.07, 6.45) is 0.698. The minimum absolute atomic E-state index is 0.227. The fraction of sp³-hybridized carbons (Fsp3) is 0.211. The second-order valence-electron chi connectivity index (χ2n) is 5.41. The number of rotatable bonds is 7. The Hall–Kier alpha value is -3.15. The molecule has 2 aromatic carbocycles. The number of ether oxygens (including phenoxy) is 1. The standard InChI is InChI=1S/C19H20N2O4/c1-21(18(23)17-11-6-5-8-15(17)14-22)13-7-12-20-19(24)25-16-9-3-2-4-10-16/h2-6,8-11,14H,7,12-13H2,1H3,(H,20,24). The number of aldehydes is 1. The Morgan fingerprint density at radius 3 is 2.48 bits per heavy atom. The van der Waals surface area contributed by atoms with Crippen molar-refractivity contribution in [3.8, 4) is 5.75 Å². The number of nitrogens with one attached hydrogen (secondary N) is 1. The van der Waals surface area contributed by atoms with Crippen molar-refractivity contribution in [3.05, 3.63) is 65.7 Å². The number of hydrogen-bond acceptors (Lipinski definition) is 4. The molecule has 0 unspecified atom stereocenters. The molecular formula is C19H20N2O4. The highest BCUT2D eigenvalue weighted by molar-refractivity contribution is 6.01. The Morgan fingerprint density at radius 1 is 1.08 bits per heavy atom.